The maximum absolute atomic E-state index is 12.9. The minimum Gasteiger partial charge on any atom is -0.465 e. The highest BCUT2D eigenvalue weighted by Gasteiger charge is 2.35. The molecule has 0 bridgehead atoms. The molecule has 1 aromatic rings. The number of methoxy groups -OCH3 is 1. The number of sulfonamides is 1. The maximum Gasteiger partial charge on any atom is 0.337 e. The third kappa shape index (κ3) is 3.46. The molecule has 0 amide bonds. The SMILES string of the molecule is COC(=O)c1cccc(S(=O)(=O)N2CCC(N3CCNCC3)C2)c1. The van der Waals surface area contributed by atoms with Gasteiger partial charge in [0.2, 0.25) is 10.0 Å². The molecule has 1 unspecified atom stereocenters. The molecule has 24 heavy (non-hydrogen) atoms. The number of carbonyl (C=O) groups is 1. The van der Waals surface area contributed by atoms with Gasteiger partial charge in [0, 0.05) is 45.3 Å². The van der Waals surface area contributed by atoms with Crippen molar-refractivity contribution < 1.29 is 17.9 Å². The Balaban J connectivity index is 1.75. The van der Waals surface area contributed by atoms with Gasteiger partial charge in [0.05, 0.1) is 17.6 Å². The molecule has 7 nitrogen and oxygen atoms in total. The standard InChI is InChI=1S/C16H23N3O4S/c1-23-16(20)13-3-2-4-15(11-13)24(21,22)19-8-5-14(12-19)18-9-6-17-7-10-18/h2-4,11,14,17H,5-10,12H2,1H3. The third-order valence-corrected chi connectivity index (χ3v) is 6.55. The van der Waals surface area contributed by atoms with Gasteiger partial charge >= 0.3 is 5.97 Å². The quantitative estimate of drug-likeness (QED) is 0.776. The summed E-state index contributed by atoms with van der Waals surface area (Å²) in [5.41, 5.74) is 0.247. The van der Waals surface area contributed by atoms with Crippen LogP contribution in [-0.4, -0.2) is 76.0 Å². The lowest BCUT2D eigenvalue weighted by molar-refractivity contribution is 0.0600. The average molecular weight is 353 g/mol. The van der Waals surface area contributed by atoms with Gasteiger partial charge in [0.25, 0.3) is 0 Å². The molecular weight excluding hydrogens is 330 g/mol. The number of rotatable bonds is 4. The molecule has 132 valence electrons. The predicted molar refractivity (Wildman–Crippen MR) is 89.4 cm³/mol. The zero-order chi connectivity index (χ0) is 17.2. The highest BCUT2D eigenvalue weighted by atomic mass is 32.2. The van der Waals surface area contributed by atoms with Crippen LogP contribution in [-0.2, 0) is 14.8 Å². The number of hydrogen-bond acceptors (Lipinski definition) is 6. The molecule has 8 heteroatoms. The van der Waals surface area contributed by atoms with Gasteiger partial charge in [0.15, 0.2) is 0 Å². The van der Waals surface area contributed by atoms with Gasteiger partial charge in [-0.1, -0.05) is 6.07 Å². The normalized spacial score (nSPS) is 23.3. The molecular formula is C16H23N3O4S. The minimum absolute atomic E-state index is 0.145. The van der Waals surface area contributed by atoms with Gasteiger partial charge in [-0.15, -0.1) is 0 Å². The van der Waals surface area contributed by atoms with Crippen molar-refractivity contribution in [3.63, 3.8) is 0 Å². The summed E-state index contributed by atoms with van der Waals surface area (Å²) in [6, 6.07) is 6.31. The first-order chi connectivity index (χ1) is 11.5. The Morgan fingerprint density at radius 2 is 2.00 bits per heavy atom. The van der Waals surface area contributed by atoms with Crippen molar-refractivity contribution in [2.24, 2.45) is 0 Å². The van der Waals surface area contributed by atoms with Crippen molar-refractivity contribution in [3.8, 4) is 0 Å². The van der Waals surface area contributed by atoms with Crippen LogP contribution >= 0.6 is 0 Å². The van der Waals surface area contributed by atoms with E-state index in [-0.39, 0.29) is 16.5 Å². The van der Waals surface area contributed by atoms with Crippen LogP contribution in [0.25, 0.3) is 0 Å². The summed E-state index contributed by atoms with van der Waals surface area (Å²) >= 11 is 0. The van der Waals surface area contributed by atoms with Crippen molar-refractivity contribution in [2.45, 2.75) is 17.4 Å². The van der Waals surface area contributed by atoms with E-state index in [1.54, 1.807) is 12.1 Å². The third-order valence-electron chi connectivity index (χ3n) is 4.69. The van der Waals surface area contributed by atoms with Gasteiger partial charge in [0.1, 0.15) is 0 Å². The molecule has 2 fully saturated rings. The number of benzene rings is 1. The van der Waals surface area contributed by atoms with Gasteiger partial charge in [-0.2, -0.15) is 4.31 Å². The first kappa shape index (κ1) is 17.3. The topological polar surface area (TPSA) is 79.0 Å². The fraction of sp³-hybridized carbons (Fsp3) is 0.562. The van der Waals surface area contributed by atoms with Crippen molar-refractivity contribution in [1.82, 2.24) is 14.5 Å². The van der Waals surface area contributed by atoms with E-state index >= 15 is 0 Å². The molecule has 2 saturated heterocycles. The van der Waals surface area contributed by atoms with E-state index < -0.39 is 16.0 Å². The lowest BCUT2D eigenvalue weighted by Gasteiger charge is -2.32. The van der Waals surface area contributed by atoms with E-state index in [4.69, 9.17) is 0 Å². The molecule has 0 spiro atoms. The van der Waals surface area contributed by atoms with Crippen molar-refractivity contribution in [2.75, 3.05) is 46.4 Å². The van der Waals surface area contributed by atoms with Crippen molar-refractivity contribution >= 4 is 16.0 Å². The number of hydrogen-bond donors (Lipinski definition) is 1. The summed E-state index contributed by atoms with van der Waals surface area (Å²) in [6.07, 6.45) is 0.843. The molecule has 1 aromatic carbocycles. The summed E-state index contributed by atoms with van der Waals surface area (Å²) in [5, 5.41) is 3.31. The molecule has 0 radical (unpaired) electrons. The summed E-state index contributed by atoms with van der Waals surface area (Å²) in [6.45, 7) is 4.83. The number of esters is 1. The number of nitrogens with one attached hydrogen (secondary N) is 1. The predicted octanol–water partition coefficient (Wildman–Crippen LogP) is 0.141. The van der Waals surface area contributed by atoms with E-state index in [0.717, 1.165) is 32.6 Å². The Morgan fingerprint density at radius 1 is 1.25 bits per heavy atom. The molecule has 0 saturated carbocycles. The zero-order valence-electron chi connectivity index (χ0n) is 13.8. The second-order valence-electron chi connectivity index (χ2n) is 6.11. The summed E-state index contributed by atoms with van der Waals surface area (Å²) in [7, 11) is -2.31. The zero-order valence-corrected chi connectivity index (χ0v) is 14.6. The highest BCUT2D eigenvalue weighted by Crippen LogP contribution is 2.24. The Morgan fingerprint density at radius 3 is 2.71 bits per heavy atom. The van der Waals surface area contributed by atoms with E-state index in [0.29, 0.717) is 13.1 Å². The molecule has 2 aliphatic heterocycles. The van der Waals surface area contributed by atoms with Crippen LogP contribution in [0.5, 0.6) is 0 Å². The van der Waals surface area contributed by atoms with Gasteiger partial charge in [-0.25, -0.2) is 13.2 Å². The van der Waals surface area contributed by atoms with Crippen molar-refractivity contribution in [1.29, 1.82) is 0 Å². The van der Waals surface area contributed by atoms with Gasteiger partial charge in [-0.05, 0) is 24.6 Å². The number of carbonyl (C=O) groups excluding carboxylic acids is 1. The Kier molecular flexibility index (Phi) is 5.19. The molecule has 1 atom stereocenters. The van der Waals surface area contributed by atoms with Crippen molar-refractivity contribution in [3.05, 3.63) is 29.8 Å². The van der Waals surface area contributed by atoms with Crippen LogP contribution in [0.1, 0.15) is 16.8 Å². The maximum atomic E-state index is 12.9. The average Bonchev–Trinajstić information content (AvgIpc) is 3.13. The van der Waals surface area contributed by atoms with Gasteiger partial charge in [-0.3, -0.25) is 4.90 Å². The largest absolute Gasteiger partial charge is 0.465 e. The Labute approximate surface area is 142 Å². The summed E-state index contributed by atoms with van der Waals surface area (Å²) < 4.78 is 31.9. The smallest absolute Gasteiger partial charge is 0.337 e. The molecule has 0 aromatic heterocycles. The number of ether oxygens (including phenoxy) is 1. The van der Waals surface area contributed by atoms with Crippen LogP contribution in [0.2, 0.25) is 0 Å². The number of nitrogens with zero attached hydrogens (tertiary/aromatic N) is 2. The van der Waals surface area contributed by atoms with Crippen LogP contribution in [0.4, 0.5) is 0 Å². The Bertz CT molecular complexity index is 701. The Hall–Kier alpha value is -1.48. The summed E-state index contributed by atoms with van der Waals surface area (Å²) in [4.78, 5) is 14.1. The summed E-state index contributed by atoms with van der Waals surface area (Å²) in [5.74, 6) is -0.535. The van der Waals surface area contributed by atoms with Gasteiger partial charge < -0.3 is 10.1 Å². The van der Waals surface area contributed by atoms with E-state index in [1.807, 2.05) is 0 Å². The molecule has 2 heterocycles. The van der Waals surface area contributed by atoms with Crippen LogP contribution in [0.15, 0.2) is 29.2 Å². The highest BCUT2D eigenvalue weighted by molar-refractivity contribution is 7.89. The first-order valence-corrected chi connectivity index (χ1v) is 9.59. The molecule has 0 aliphatic carbocycles. The molecule has 1 N–H and O–H groups in total. The second-order valence-corrected chi connectivity index (χ2v) is 8.05. The molecule has 2 aliphatic rings. The van der Waals surface area contributed by atoms with Crippen LogP contribution in [0.3, 0.4) is 0 Å². The monoisotopic (exact) mass is 353 g/mol. The van der Waals surface area contributed by atoms with Crippen LogP contribution < -0.4 is 5.32 Å². The fourth-order valence-corrected chi connectivity index (χ4v) is 4.86. The number of piperazine rings is 1. The lowest BCUT2D eigenvalue weighted by Crippen LogP contribution is -2.49. The fourth-order valence-electron chi connectivity index (χ4n) is 3.32. The minimum atomic E-state index is -3.59. The van der Waals surface area contributed by atoms with Crippen LogP contribution in [0, 0.1) is 0 Å². The lowest BCUT2D eigenvalue weighted by atomic mass is 10.2. The van der Waals surface area contributed by atoms with E-state index in [1.165, 1.54) is 23.5 Å². The molecule has 3 rings (SSSR count). The van der Waals surface area contributed by atoms with E-state index in [2.05, 4.69) is 15.0 Å². The second kappa shape index (κ2) is 7.18. The van der Waals surface area contributed by atoms with E-state index in [9.17, 15) is 13.2 Å². The first-order valence-electron chi connectivity index (χ1n) is 8.15.